The third-order valence-electron chi connectivity index (χ3n) is 5.00. The first kappa shape index (κ1) is 20.3. The van der Waals surface area contributed by atoms with Gasteiger partial charge in [-0.2, -0.15) is 5.10 Å². The number of nitrogens with one attached hydrogen (secondary N) is 1. The number of methoxy groups -OCH3 is 1. The van der Waals surface area contributed by atoms with Crippen molar-refractivity contribution in [3.63, 3.8) is 0 Å². The summed E-state index contributed by atoms with van der Waals surface area (Å²) in [5, 5.41) is 7.80. The van der Waals surface area contributed by atoms with Crippen LogP contribution in [0, 0.1) is 0 Å². The van der Waals surface area contributed by atoms with Crippen molar-refractivity contribution in [1.29, 1.82) is 0 Å². The molecule has 1 N–H and O–H groups in total. The summed E-state index contributed by atoms with van der Waals surface area (Å²) in [6.07, 6.45) is 1.64. The summed E-state index contributed by atoms with van der Waals surface area (Å²) < 4.78 is 6.49. The van der Waals surface area contributed by atoms with Gasteiger partial charge in [0.1, 0.15) is 6.04 Å². The highest BCUT2D eigenvalue weighted by atomic mass is 16.5. The number of nitrogens with zero attached hydrogens (tertiary/aromatic N) is 3. The number of benzene rings is 2. The van der Waals surface area contributed by atoms with Crippen LogP contribution in [0.3, 0.4) is 0 Å². The molecule has 31 heavy (non-hydrogen) atoms. The van der Waals surface area contributed by atoms with E-state index in [-0.39, 0.29) is 5.91 Å². The summed E-state index contributed by atoms with van der Waals surface area (Å²) in [4.78, 5) is 29.6. The Labute approximate surface area is 179 Å². The van der Waals surface area contributed by atoms with E-state index in [1.54, 1.807) is 23.9 Å². The predicted octanol–water partition coefficient (Wildman–Crippen LogP) is 3.44. The van der Waals surface area contributed by atoms with Gasteiger partial charge in [0.05, 0.1) is 36.5 Å². The fourth-order valence-electron chi connectivity index (χ4n) is 3.37. The molecule has 0 saturated carbocycles. The van der Waals surface area contributed by atoms with E-state index in [0.717, 1.165) is 11.1 Å². The van der Waals surface area contributed by atoms with Crippen LogP contribution in [-0.4, -0.2) is 39.8 Å². The predicted molar refractivity (Wildman–Crippen MR) is 117 cm³/mol. The zero-order valence-electron chi connectivity index (χ0n) is 17.3. The first-order chi connectivity index (χ1) is 15.1. The number of ether oxygens (including phenoxy) is 1. The number of carbonyl (C=O) groups is 2. The quantitative estimate of drug-likeness (QED) is 0.489. The second-order valence-corrected chi connectivity index (χ2v) is 7.16. The Morgan fingerprint density at radius 2 is 1.74 bits per heavy atom. The number of carbonyl (C=O) groups excluding carboxylic acids is 2. The van der Waals surface area contributed by atoms with Crippen LogP contribution in [0.15, 0.2) is 72.9 Å². The number of pyridine rings is 1. The van der Waals surface area contributed by atoms with E-state index < -0.39 is 12.0 Å². The molecule has 1 unspecified atom stereocenters. The summed E-state index contributed by atoms with van der Waals surface area (Å²) in [5.74, 6) is -0.900. The Morgan fingerprint density at radius 1 is 1.06 bits per heavy atom. The monoisotopic (exact) mass is 414 g/mol. The summed E-state index contributed by atoms with van der Waals surface area (Å²) in [6, 6.07) is 20.5. The van der Waals surface area contributed by atoms with Crippen LogP contribution in [0.25, 0.3) is 22.3 Å². The number of rotatable bonds is 6. The molecule has 4 rings (SSSR count). The molecule has 4 aromatic rings. The van der Waals surface area contributed by atoms with Crippen LogP contribution in [-0.2, 0) is 16.1 Å². The molecule has 7 heteroatoms. The summed E-state index contributed by atoms with van der Waals surface area (Å²) in [5.41, 5.74) is 3.61. The first-order valence-electron chi connectivity index (χ1n) is 9.91. The lowest BCUT2D eigenvalue weighted by Gasteiger charge is -2.13. The molecule has 0 aliphatic carbocycles. The average molecular weight is 414 g/mol. The number of aromatic nitrogens is 3. The third-order valence-corrected chi connectivity index (χ3v) is 5.00. The van der Waals surface area contributed by atoms with Gasteiger partial charge in [0, 0.05) is 5.56 Å². The van der Waals surface area contributed by atoms with Gasteiger partial charge in [0.15, 0.2) is 5.65 Å². The number of fused-ring (bicyclic) bond motifs is 1. The van der Waals surface area contributed by atoms with Gasteiger partial charge >= 0.3 is 5.97 Å². The number of esters is 1. The fourth-order valence-corrected chi connectivity index (χ4v) is 3.37. The molecule has 0 spiro atoms. The topological polar surface area (TPSA) is 86.1 Å². The Kier molecular flexibility index (Phi) is 5.75. The number of amides is 1. The molecule has 0 bridgehead atoms. The largest absolute Gasteiger partial charge is 0.467 e. The molecule has 7 nitrogen and oxygen atoms in total. The van der Waals surface area contributed by atoms with Crippen LogP contribution in [0.1, 0.15) is 22.8 Å². The van der Waals surface area contributed by atoms with Crippen molar-refractivity contribution in [2.24, 2.45) is 0 Å². The van der Waals surface area contributed by atoms with Gasteiger partial charge < -0.3 is 10.1 Å². The Balaban J connectivity index is 1.80. The molecule has 0 radical (unpaired) electrons. The minimum Gasteiger partial charge on any atom is -0.467 e. The average Bonchev–Trinajstić information content (AvgIpc) is 3.21. The fraction of sp³-hybridized carbons (Fsp3) is 0.167. The summed E-state index contributed by atoms with van der Waals surface area (Å²) in [7, 11) is 1.29. The second-order valence-electron chi connectivity index (χ2n) is 7.16. The minimum atomic E-state index is -0.778. The van der Waals surface area contributed by atoms with E-state index in [2.05, 4.69) is 10.4 Å². The lowest BCUT2D eigenvalue weighted by Crippen LogP contribution is -2.39. The van der Waals surface area contributed by atoms with Gasteiger partial charge in [-0.05, 0) is 18.6 Å². The summed E-state index contributed by atoms with van der Waals surface area (Å²) >= 11 is 0. The van der Waals surface area contributed by atoms with Gasteiger partial charge in [-0.3, -0.25) is 4.79 Å². The van der Waals surface area contributed by atoms with Crippen molar-refractivity contribution in [3.05, 3.63) is 84.1 Å². The zero-order valence-corrected chi connectivity index (χ0v) is 17.3. The van der Waals surface area contributed by atoms with Crippen LogP contribution in [0.2, 0.25) is 0 Å². The maximum absolute atomic E-state index is 13.1. The van der Waals surface area contributed by atoms with Crippen molar-refractivity contribution >= 4 is 22.9 Å². The maximum atomic E-state index is 13.1. The molecule has 0 aliphatic heterocycles. The Bertz CT molecular complexity index is 1220. The van der Waals surface area contributed by atoms with Gasteiger partial charge in [-0.1, -0.05) is 60.7 Å². The van der Waals surface area contributed by atoms with Crippen LogP contribution < -0.4 is 5.32 Å². The summed E-state index contributed by atoms with van der Waals surface area (Å²) in [6.45, 7) is 2.11. The van der Waals surface area contributed by atoms with Gasteiger partial charge in [0.25, 0.3) is 5.91 Å². The first-order valence-corrected chi connectivity index (χ1v) is 9.91. The second kappa shape index (κ2) is 8.79. The highest BCUT2D eigenvalue weighted by Crippen LogP contribution is 2.25. The van der Waals surface area contributed by atoms with Crippen LogP contribution >= 0.6 is 0 Å². The minimum absolute atomic E-state index is 0.387. The van der Waals surface area contributed by atoms with Crippen molar-refractivity contribution in [1.82, 2.24) is 20.1 Å². The highest BCUT2D eigenvalue weighted by molar-refractivity contribution is 6.07. The van der Waals surface area contributed by atoms with Crippen molar-refractivity contribution in [2.75, 3.05) is 7.11 Å². The number of hydrogen-bond acceptors (Lipinski definition) is 5. The maximum Gasteiger partial charge on any atom is 0.328 e. The number of hydrogen-bond donors (Lipinski definition) is 1. The molecule has 0 saturated heterocycles. The van der Waals surface area contributed by atoms with Gasteiger partial charge in [-0.15, -0.1) is 0 Å². The van der Waals surface area contributed by atoms with E-state index >= 15 is 0 Å². The lowest BCUT2D eigenvalue weighted by atomic mass is 10.1. The van der Waals surface area contributed by atoms with E-state index in [0.29, 0.717) is 28.8 Å². The van der Waals surface area contributed by atoms with Crippen molar-refractivity contribution in [2.45, 2.75) is 19.5 Å². The molecular formula is C24H22N4O3. The molecule has 0 fully saturated rings. The zero-order chi connectivity index (χ0) is 21.8. The molecule has 2 aromatic carbocycles. The normalized spacial score (nSPS) is 11.8. The van der Waals surface area contributed by atoms with E-state index in [1.165, 1.54) is 7.11 Å². The van der Waals surface area contributed by atoms with E-state index in [1.807, 2.05) is 60.7 Å². The van der Waals surface area contributed by atoms with Gasteiger partial charge in [-0.25, -0.2) is 14.5 Å². The molecule has 2 aromatic heterocycles. The smallest absolute Gasteiger partial charge is 0.328 e. The lowest BCUT2D eigenvalue weighted by molar-refractivity contribution is -0.142. The molecule has 1 amide bonds. The van der Waals surface area contributed by atoms with Crippen molar-refractivity contribution in [3.8, 4) is 11.3 Å². The Morgan fingerprint density at radius 3 is 2.42 bits per heavy atom. The SMILES string of the molecule is COC(=O)C(C)NC(=O)c1cc(-c2ccccc2)nc2c1cnn2Cc1ccccc1. The van der Waals surface area contributed by atoms with Crippen LogP contribution in [0.5, 0.6) is 0 Å². The molecule has 2 heterocycles. The van der Waals surface area contributed by atoms with E-state index in [4.69, 9.17) is 9.72 Å². The van der Waals surface area contributed by atoms with Crippen molar-refractivity contribution < 1.29 is 14.3 Å². The highest BCUT2D eigenvalue weighted by Gasteiger charge is 2.21. The van der Waals surface area contributed by atoms with Crippen LogP contribution in [0.4, 0.5) is 0 Å². The molecule has 156 valence electrons. The van der Waals surface area contributed by atoms with Gasteiger partial charge in [0.2, 0.25) is 0 Å². The molecule has 1 atom stereocenters. The van der Waals surface area contributed by atoms with E-state index in [9.17, 15) is 9.59 Å². The Hall–Kier alpha value is -4.00. The standard InChI is InChI=1S/C24H22N4O3/c1-16(24(30)31-2)26-23(29)19-13-21(18-11-7-4-8-12-18)27-22-20(19)14-25-28(22)15-17-9-5-3-6-10-17/h3-14,16H,15H2,1-2H3,(H,26,29). The molecule has 0 aliphatic rings. The molecular weight excluding hydrogens is 392 g/mol. The third kappa shape index (κ3) is 4.30.